The monoisotopic (exact) mass is 560 g/mol. The standard InChI is InChI=1S/C14H12FNO2.C14H11FO2.CH4.ClH.H3NO/c15-13-5-1-12(2-6-13)10-18-14-7-3-11(4-8-14)9-16-17;15-13-5-1-12(2-6-13)10-17-14-7-3-11(9-16)4-8-14;;;1-2/h1-9,17H,10H2;1-9H,10H2;1H4;1H;2H,1H2. The number of nitrogens with two attached hydrogens (primary N) is 1. The van der Waals surface area contributed by atoms with Gasteiger partial charge in [0.25, 0.3) is 0 Å². The molecular formula is C29H31ClF2N2O5. The minimum absolute atomic E-state index is 0. The number of benzene rings is 4. The van der Waals surface area contributed by atoms with E-state index in [2.05, 4.69) is 11.1 Å². The second kappa shape index (κ2) is 19.8. The van der Waals surface area contributed by atoms with Crippen molar-refractivity contribution in [3.63, 3.8) is 0 Å². The molecule has 0 atom stereocenters. The van der Waals surface area contributed by atoms with Gasteiger partial charge in [0.2, 0.25) is 0 Å². The SMILES string of the molecule is C.Cl.NO.O=Cc1ccc(OCc2ccc(F)cc2)cc1.ON=Cc1ccc(OCc2ccc(F)cc2)cc1. The smallest absolute Gasteiger partial charge is 0.150 e. The molecule has 0 radical (unpaired) electrons. The van der Waals surface area contributed by atoms with Gasteiger partial charge in [-0.05, 0) is 89.5 Å². The number of ether oxygens (including phenoxy) is 2. The molecule has 39 heavy (non-hydrogen) atoms. The highest BCUT2D eigenvalue weighted by Gasteiger charge is 1.98. The minimum Gasteiger partial charge on any atom is -0.489 e. The highest BCUT2D eigenvalue weighted by molar-refractivity contribution is 5.85. The average Bonchev–Trinajstić information content (AvgIpc) is 2.95. The molecule has 0 aromatic heterocycles. The van der Waals surface area contributed by atoms with Crippen molar-refractivity contribution in [1.29, 1.82) is 0 Å². The molecule has 0 saturated carbocycles. The van der Waals surface area contributed by atoms with E-state index in [0.29, 0.717) is 30.3 Å². The fraction of sp³-hybridized carbons (Fsp3) is 0.103. The average molecular weight is 561 g/mol. The number of hydrogen-bond acceptors (Lipinski definition) is 7. The van der Waals surface area contributed by atoms with Gasteiger partial charge in [-0.25, -0.2) is 14.7 Å². The van der Waals surface area contributed by atoms with Crippen molar-refractivity contribution in [2.75, 3.05) is 0 Å². The van der Waals surface area contributed by atoms with E-state index in [1.54, 1.807) is 72.8 Å². The lowest BCUT2D eigenvalue weighted by atomic mass is 10.2. The largest absolute Gasteiger partial charge is 0.489 e. The Morgan fingerprint density at radius 2 is 1.03 bits per heavy atom. The fourth-order valence-electron chi connectivity index (χ4n) is 2.85. The van der Waals surface area contributed by atoms with Gasteiger partial charge in [-0.15, -0.1) is 12.4 Å². The van der Waals surface area contributed by atoms with Crippen molar-refractivity contribution < 1.29 is 33.5 Å². The van der Waals surface area contributed by atoms with Gasteiger partial charge in [-0.2, -0.15) is 0 Å². The third kappa shape index (κ3) is 13.2. The molecule has 0 aliphatic rings. The van der Waals surface area contributed by atoms with E-state index < -0.39 is 0 Å². The zero-order chi connectivity index (χ0) is 26.9. The maximum atomic E-state index is 12.7. The van der Waals surface area contributed by atoms with Gasteiger partial charge in [-0.1, -0.05) is 36.8 Å². The number of carbonyl (C=O) groups excluding carboxylic acids is 1. The summed E-state index contributed by atoms with van der Waals surface area (Å²) in [5.41, 5.74) is 3.19. The summed E-state index contributed by atoms with van der Waals surface area (Å²) in [6.45, 7) is 0.758. The third-order valence-corrected chi connectivity index (χ3v) is 4.74. The lowest BCUT2D eigenvalue weighted by Crippen LogP contribution is -1.95. The number of hydrogen-bond donors (Lipinski definition) is 3. The van der Waals surface area contributed by atoms with E-state index in [4.69, 9.17) is 19.9 Å². The zero-order valence-corrected chi connectivity index (χ0v) is 20.9. The molecule has 4 aromatic carbocycles. The lowest BCUT2D eigenvalue weighted by Gasteiger charge is -2.06. The number of rotatable bonds is 8. The molecule has 4 aromatic rings. The van der Waals surface area contributed by atoms with E-state index in [9.17, 15) is 13.6 Å². The highest BCUT2D eigenvalue weighted by atomic mass is 35.5. The van der Waals surface area contributed by atoms with E-state index >= 15 is 0 Å². The molecule has 0 amide bonds. The summed E-state index contributed by atoms with van der Waals surface area (Å²) in [5.74, 6) is 4.37. The molecule has 7 nitrogen and oxygen atoms in total. The Kier molecular flexibility index (Phi) is 17.6. The first-order valence-corrected chi connectivity index (χ1v) is 10.9. The number of nitrogens with zero attached hydrogens (tertiary/aromatic N) is 1. The Morgan fingerprint density at radius 3 is 1.36 bits per heavy atom. The summed E-state index contributed by atoms with van der Waals surface area (Å²) in [4.78, 5) is 10.5. The number of aldehydes is 1. The van der Waals surface area contributed by atoms with Crippen molar-refractivity contribution in [2.24, 2.45) is 11.1 Å². The van der Waals surface area contributed by atoms with E-state index in [1.807, 2.05) is 0 Å². The zero-order valence-electron chi connectivity index (χ0n) is 20.1. The topological polar surface area (TPSA) is 114 Å². The Balaban J connectivity index is 0.000000665. The Morgan fingerprint density at radius 1 is 0.667 bits per heavy atom. The molecule has 4 rings (SSSR count). The predicted molar refractivity (Wildman–Crippen MR) is 149 cm³/mol. The van der Waals surface area contributed by atoms with Crippen molar-refractivity contribution >= 4 is 24.9 Å². The molecule has 0 aliphatic carbocycles. The van der Waals surface area contributed by atoms with Crippen LogP contribution < -0.4 is 15.4 Å². The molecule has 4 N–H and O–H groups in total. The van der Waals surface area contributed by atoms with Crippen LogP contribution in [0.4, 0.5) is 8.78 Å². The molecule has 0 bridgehead atoms. The summed E-state index contributed by atoms with van der Waals surface area (Å²) < 4.78 is 36.4. The van der Waals surface area contributed by atoms with Crippen LogP contribution in [0.1, 0.15) is 34.5 Å². The van der Waals surface area contributed by atoms with Crippen molar-refractivity contribution in [2.45, 2.75) is 20.6 Å². The highest BCUT2D eigenvalue weighted by Crippen LogP contribution is 2.15. The summed E-state index contributed by atoms with van der Waals surface area (Å²) in [6.07, 6.45) is 2.12. The summed E-state index contributed by atoms with van der Waals surface area (Å²) in [5, 5.41) is 17.8. The Bertz CT molecular complexity index is 1220. The molecule has 0 fully saturated rings. The van der Waals surface area contributed by atoms with E-state index in [1.165, 1.54) is 30.5 Å². The first kappa shape index (κ1) is 34.7. The van der Waals surface area contributed by atoms with Crippen LogP contribution in [0.3, 0.4) is 0 Å². The van der Waals surface area contributed by atoms with Crippen molar-refractivity contribution in [1.82, 2.24) is 0 Å². The number of oxime groups is 1. The van der Waals surface area contributed by atoms with Gasteiger partial charge >= 0.3 is 0 Å². The summed E-state index contributed by atoms with van der Waals surface area (Å²) >= 11 is 0. The van der Waals surface area contributed by atoms with Crippen LogP contribution >= 0.6 is 12.4 Å². The first-order valence-electron chi connectivity index (χ1n) is 10.9. The molecule has 0 unspecified atom stereocenters. The van der Waals surface area contributed by atoms with Crippen LogP contribution in [-0.4, -0.2) is 22.9 Å². The summed E-state index contributed by atoms with van der Waals surface area (Å²) in [7, 11) is 0. The van der Waals surface area contributed by atoms with Gasteiger partial charge in [0, 0.05) is 5.56 Å². The van der Waals surface area contributed by atoms with Gasteiger partial charge < -0.3 is 19.9 Å². The van der Waals surface area contributed by atoms with Crippen molar-refractivity contribution in [3.05, 3.63) is 131 Å². The predicted octanol–water partition coefficient (Wildman–Crippen LogP) is 6.82. The van der Waals surface area contributed by atoms with Crippen LogP contribution in [0.25, 0.3) is 0 Å². The molecule has 0 saturated heterocycles. The molecule has 0 heterocycles. The van der Waals surface area contributed by atoms with Crippen LogP contribution in [0.2, 0.25) is 0 Å². The molecule has 208 valence electrons. The third-order valence-electron chi connectivity index (χ3n) is 4.74. The molecule has 0 aliphatic heterocycles. The molecule has 10 heteroatoms. The van der Waals surface area contributed by atoms with E-state index in [-0.39, 0.29) is 31.5 Å². The molecular weight excluding hydrogens is 530 g/mol. The van der Waals surface area contributed by atoms with Gasteiger partial charge in [0.15, 0.2) is 0 Å². The van der Waals surface area contributed by atoms with Gasteiger partial charge in [-0.3, -0.25) is 4.79 Å². The maximum Gasteiger partial charge on any atom is 0.150 e. The Hall–Kier alpha value is -4.31. The fourth-order valence-corrected chi connectivity index (χ4v) is 2.85. The second-order valence-corrected chi connectivity index (χ2v) is 7.33. The normalized spacial score (nSPS) is 9.44. The van der Waals surface area contributed by atoms with Gasteiger partial charge in [0.05, 0.1) is 6.21 Å². The van der Waals surface area contributed by atoms with E-state index in [0.717, 1.165) is 23.0 Å². The lowest BCUT2D eigenvalue weighted by molar-refractivity contribution is 0.112. The minimum atomic E-state index is -0.260. The summed E-state index contributed by atoms with van der Waals surface area (Å²) in [6, 6.07) is 26.3. The quantitative estimate of drug-likeness (QED) is 0.0942. The van der Waals surface area contributed by atoms with Crippen LogP contribution in [0.15, 0.2) is 102 Å². The number of carbonyl (C=O) groups is 1. The van der Waals surface area contributed by atoms with Gasteiger partial charge in [0.1, 0.15) is 42.6 Å². The first-order chi connectivity index (χ1) is 18.1. The molecule has 0 spiro atoms. The second-order valence-electron chi connectivity index (χ2n) is 7.33. The number of halogens is 3. The van der Waals surface area contributed by atoms with Crippen LogP contribution in [0, 0.1) is 11.6 Å². The van der Waals surface area contributed by atoms with Crippen LogP contribution in [-0.2, 0) is 13.2 Å². The Labute approximate surface area is 232 Å². The van der Waals surface area contributed by atoms with Crippen LogP contribution in [0.5, 0.6) is 11.5 Å². The van der Waals surface area contributed by atoms with Crippen molar-refractivity contribution in [3.8, 4) is 11.5 Å². The maximum absolute atomic E-state index is 12.7.